The first-order chi connectivity index (χ1) is 17.2. The van der Waals surface area contributed by atoms with Crippen LogP contribution < -0.4 is 15.4 Å². The lowest BCUT2D eigenvalue weighted by atomic mass is 9.94. The normalized spacial score (nSPS) is 21.5. The van der Waals surface area contributed by atoms with E-state index in [-0.39, 0.29) is 67.3 Å². The Morgan fingerprint density at radius 1 is 1.17 bits per heavy atom. The third kappa shape index (κ3) is 6.02. The summed E-state index contributed by atoms with van der Waals surface area (Å²) in [4.78, 5) is 39.5. The fourth-order valence-electron chi connectivity index (χ4n) is 4.52. The van der Waals surface area contributed by atoms with Crippen molar-refractivity contribution in [2.45, 2.75) is 57.9 Å². The molecule has 0 bridgehead atoms. The van der Waals surface area contributed by atoms with E-state index < -0.39 is 0 Å². The number of nitrogens with zero attached hydrogens (tertiary/aromatic N) is 1. The maximum atomic E-state index is 13.3. The predicted molar refractivity (Wildman–Crippen MR) is 132 cm³/mol. The van der Waals surface area contributed by atoms with E-state index in [2.05, 4.69) is 10.6 Å². The van der Waals surface area contributed by atoms with Gasteiger partial charge in [0.1, 0.15) is 24.3 Å². The molecular weight excluding hydrogens is 465 g/mol. The second kappa shape index (κ2) is 11.1. The number of rotatable bonds is 6. The molecule has 3 amide bonds. The number of carbonyl (C=O) groups excluding carboxylic acids is 3. The summed E-state index contributed by atoms with van der Waals surface area (Å²) in [5.41, 5.74) is 1.61. The number of hydrogen-bond acceptors (Lipinski definition) is 5. The fraction of sp³-hybridized carbons (Fsp3) is 0.444. The van der Waals surface area contributed by atoms with E-state index in [9.17, 15) is 18.8 Å². The summed E-state index contributed by atoms with van der Waals surface area (Å²) in [5, 5.41) is 5.63. The molecule has 1 saturated heterocycles. The van der Waals surface area contributed by atoms with E-state index in [4.69, 9.17) is 9.47 Å². The standard InChI is InChI=1S/C27H32FN3O5/c1-16(2)26(33)30-19-7-10-23-21(12-19)27(34)31(3)22-9-8-20(36-24(22)15-35-23)13-25(32)29-14-17-5-4-6-18(28)11-17/h4-7,10-12,16,20,22,24H,8-9,13-15H2,1-3H3,(H,29,32)(H,30,33)/t20-,22+,24-/m0/s1. The summed E-state index contributed by atoms with van der Waals surface area (Å²) in [6.07, 6.45) is 0.757. The fourth-order valence-corrected chi connectivity index (χ4v) is 4.52. The van der Waals surface area contributed by atoms with Gasteiger partial charge < -0.3 is 25.0 Å². The van der Waals surface area contributed by atoms with Crippen molar-refractivity contribution in [3.63, 3.8) is 0 Å². The first kappa shape index (κ1) is 25.6. The molecule has 2 aliphatic rings. The summed E-state index contributed by atoms with van der Waals surface area (Å²) < 4.78 is 25.5. The van der Waals surface area contributed by atoms with Crippen LogP contribution in [0.15, 0.2) is 42.5 Å². The first-order valence-electron chi connectivity index (χ1n) is 12.2. The van der Waals surface area contributed by atoms with Gasteiger partial charge in [-0.25, -0.2) is 4.39 Å². The monoisotopic (exact) mass is 497 g/mol. The molecule has 4 rings (SSSR count). The van der Waals surface area contributed by atoms with Gasteiger partial charge in [-0.1, -0.05) is 26.0 Å². The molecule has 192 valence electrons. The molecule has 8 nitrogen and oxygen atoms in total. The number of ether oxygens (including phenoxy) is 2. The first-order valence-corrected chi connectivity index (χ1v) is 12.2. The van der Waals surface area contributed by atoms with Crippen molar-refractivity contribution < 1.29 is 28.2 Å². The zero-order chi connectivity index (χ0) is 25.8. The number of carbonyl (C=O) groups is 3. The Hall–Kier alpha value is -3.46. The highest BCUT2D eigenvalue weighted by atomic mass is 19.1. The van der Waals surface area contributed by atoms with Crippen molar-refractivity contribution in [1.82, 2.24) is 10.2 Å². The van der Waals surface area contributed by atoms with Crippen molar-refractivity contribution >= 4 is 23.4 Å². The van der Waals surface area contributed by atoms with Gasteiger partial charge >= 0.3 is 0 Å². The zero-order valence-electron chi connectivity index (χ0n) is 20.8. The Kier molecular flexibility index (Phi) is 7.88. The number of likely N-dealkylation sites (N-methyl/N-ethyl adjacent to an activating group) is 1. The number of fused-ring (bicyclic) bond motifs is 2. The molecule has 2 heterocycles. The SMILES string of the molecule is CC(C)C(=O)Nc1ccc2c(c1)C(=O)N(C)[C@@H]1CC[C@@H](CC(=O)NCc3cccc(F)c3)O[C@H]1CO2. The Bertz CT molecular complexity index is 1140. The summed E-state index contributed by atoms with van der Waals surface area (Å²) in [6, 6.07) is 10.9. The van der Waals surface area contributed by atoms with Crippen LogP contribution in [0.3, 0.4) is 0 Å². The van der Waals surface area contributed by atoms with Crippen LogP contribution in [0.2, 0.25) is 0 Å². The van der Waals surface area contributed by atoms with Gasteiger partial charge in [0, 0.05) is 25.2 Å². The Balaban J connectivity index is 1.38. The molecule has 3 atom stereocenters. The van der Waals surface area contributed by atoms with E-state index in [1.54, 1.807) is 56.1 Å². The lowest BCUT2D eigenvalue weighted by molar-refractivity contribution is -0.134. The predicted octanol–water partition coefficient (Wildman–Crippen LogP) is 3.51. The third-order valence-corrected chi connectivity index (χ3v) is 6.60. The van der Waals surface area contributed by atoms with E-state index in [1.807, 2.05) is 0 Å². The molecule has 0 unspecified atom stereocenters. The maximum absolute atomic E-state index is 13.3. The van der Waals surface area contributed by atoms with Gasteiger partial charge in [-0.15, -0.1) is 0 Å². The van der Waals surface area contributed by atoms with E-state index in [0.717, 1.165) is 0 Å². The molecule has 2 aromatic carbocycles. The van der Waals surface area contributed by atoms with Crippen LogP contribution in [-0.2, 0) is 20.9 Å². The minimum atomic E-state index is -0.387. The van der Waals surface area contributed by atoms with Gasteiger partial charge in [0.15, 0.2) is 0 Å². The number of amides is 3. The van der Waals surface area contributed by atoms with Gasteiger partial charge in [-0.3, -0.25) is 14.4 Å². The minimum absolute atomic E-state index is 0.130. The van der Waals surface area contributed by atoms with Crippen molar-refractivity contribution in [2.75, 3.05) is 19.0 Å². The van der Waals surface area contributed by atoms with Crippen LogP contribution in [0.4, 0.5) is 10.1 Å². The Morgan fingerprint density at radius 3 is 2.72 bits per heavy atom. The van der Waals surface area contributed by atoms with E-state index in [1.165, 1.54) is 12.1 Å². The molecule has 36 heavy (non-hydrogen) atoms. The van der Waals surface area contributed by atoms with E-state index >= 15 is 0 Å². The summed E-state index contributed by atoms with van der Waals surface area (Å²) in [7, 11) is 1.74. The molecule has 0 radical (unpaired) electrons. The highest BCUT2D eigenvalue weighted by molar-refractivity contribution is 6.00. The summed E-state index contributed by atoms with van der Waals surface area (Å²) >= 11 is 0. The molecule has 0 aliphatic carbocycles. The maximum Gasteiger partial charge on any atom is 0.257 e. The second-order valence-corrected chi connectivity index (χ2v) is 9.63. The molecule has 2 aliphatic heterocycles. The number of anilines is 1. The Morgan fingerprint density at radius 2 is 1.97 bits per heavy atom. The zero-order valence-corrected chi connectivity index (χ0v) is 20.8. The topological polar surface area (TPSA) is 97.0 Å². The van der Waals surface area contributed by atoms with Crippen molar-refractivity contribution in [3.8, 4) is 5.75 Å². The van der Waals surface area contributed by atoms with Gasteiger partial charge in [-0.2, -0.15) is 0 Å². The van der Waals surface area contributed by atoms with Gasteiger partial charge in [-0.05, 0) is 48.7 Å². The molecular formula is C27H32FN3O5. The Labute approximate surface area is 210 Å². The van der Waals surface area contributed by atoms with Crippen LogP contribution in [0.5, 0.6) is 5.75 Å². The number of benzene rings is 2. The smallest absolute Gasteiger partial charge is 0.257 e. The van der Waals surface area contributed by atoms with Crippen molar-refractivity contribution in [2.24, 2.45) is 5.92 Å². The lowest BCUT2D eigenvalue weighted by Crippen LogP contribution is -2.53. The summed E-state index contributed by atoms with van der Waals surface area (Å²) in [5.74, 6) is -0.626. The number of hydrogen-bond donors (Lipinski definition) is 2. The minimum Gasteiger partial charge on any atom is -0.490 e. The van der Waals surface area contributed by atoms with E-state index in [0.29, 0.717) is 35.4 Å². The van der Waals surface area contributed by atoms with Crippen LogP contribution in [0, 0.1) is 11.7 Å². The van der Waals surface area contributed by atoms with Crippen molar-refractivity contribution in [1.29, 1.82) is 0 Å². The third-order valence-electron chi connectivity index (χ3n) is 6.60. The van der Waals surface area contributed by atoms with Gasteiger partial charge in [0.25, 0.3) is 5.91 Å². The second-order valence-electron chi connectivity index (χ2n) is 9.63. The highest BCUT2D eigenvalue weighted by Crippen LogP contribution is 2.32. The van der Waals surface area contributed by atoms with Crippen molar-refractivity contribution in [3.05, 3.63) is 59.4 Å². The molecule has 2 aromatic rings. The quantitative estimate of drug-likeness (QED) is 0.637. The highest BCUT2D eigenvalue weighted by Gasteiger charge is 2.39. The molecule has 0 aromatic heterocycles. The molecule has 9 heteroatoms. The number of halogens is 1. The molecule has 0 spiro atoms. The van der Waals surface area contributed by atoms with Crippen LogP contribution >= 0.6 is 0 Å². The average Bonchev–Trinajstić information content (AvgIpc) is 2.85. The largest absolute Gasteiger partial charge is 0.490 e. The van der Waals surface area contributed by atoms with Gasteiger partial charge in [0.05, 0.1) is 24.1 Å². The number of nitrogens with one attached hydrogen (secondary N) is 2. The average molecular weight is 498 g/mol. The van der Waals surface area contributed by atoms with Crippen LogP contribution in [0.25, 0.3) is 0 Å². The van der Waals surface area contributed by atoms with Crippen LogP contribution in [0.1, 0.15) is 49.0 Å². The molecule has 0 saturated carbocycles. The van der Waals surface area contributed by atoms with Gasteiger partial charge in [0.2, 0.25) is 11.8 Å². The molecule has 1 fully saturated rings. The summed E-state index contributed by atoms with van der Waals surface area (Å²) in [6.45, 7) is 4.07. The lowest BCUT2D eigenvalue weighted by Gasteiger charge is -2.42. The molecule has 2 N–H and O–H groups in total. The van der Waals surface area contributed by atoms with Crippen LogP contribution in [-0.4, -0.2) is 54.5 Å².